The number of aromatic nitrogens is 3. The molecule has 0 saturated heterocycles. The van der Waals surface area contributed by atoms with Crippen LogP contribution in [0.3, 0.4) is 0 Å². The molecule has 8 nitrogen and oxygen atoms in total. The second-order valence-corrected chi connectivity index (χ2v) is 4.22. The lowest BCUT2D eigenvalue weighted by Crippen LogP contribution is -2.07. The van der Waals surface area contributed by atoms with Crippen molar-refractivity contribution < 1.29 is 9.66 Å². The molecule has 0 spiro atoms. The van der Waals surface area contributed by atoms with Crippen LogP contribution in [0.5, 0.6) is 5.75 Å². The fourth-order valence-corrected chi connectivity index (χ4v) is 1.80. The lowest BCUT2D eigenvalue weighted by Gasteiger charge is -2.08. The number of hydrogen-bond donors (Lipinski definition) is 1. The Morgan fingerprint density at radius 3 is 2.86 bits per heavy atom. The molecule has 1 N–H and O–H groups in total. The summed E-state index contributed by atoms with van der Waals surface area (Å²) in [6.07, 6.45) is 5.14. The zero-order valence-electron chi connectivity index (χ0n) is 11.7. The van der Waals surface area contributed by atoms with Crippen molar-refractivity contribution in [3.05, 3.63) is 34.9 Å². The van der Waals surface area contributed by atoms with Crippen LogP contribution in [-0.4, -0.2) is 33.5 Å². The Morgan fingerprint density at radius 1 is 1.38 bits per heavy atom. The monoisotopic (exact) mass is 289 g/mol. The summed E-state index contributed by atoms with van der Waals surface area (Å²) in [6.45, 7) is 2.56. The van der Waals surface area contributed by atoms with E-state index in [-0.39, 0.29) is 17.2 Å². The maximum absolute atomic E-state index is 11.4. The van der Waals surface area contributed by atoms with Crippen molar-refractivity contribution in [2.24, 2.45) is 0 Å². The van der Waals surface area contributed by atoms with E-state index in [0.29, 0.717) is 17.9 Å². The minimum absolute atomic E-state index is 0.166. The number of anilines is 1. The van der Waals surface area contributed by atoms with E-state index in [2.05, 4.69) is 20.3 Å². The lowest BCUT2D eigenvalue weighted by atomic mass is 10.1. The third-order valence-corrected chi connectivity index (χ3v) is 2.77. The maximum Gasteiger partial charge on any atom is 0.337 e. The van der Waals surface area contributed by atoms with E-state index in [0.717, 1.165) is 6.42 Å². The van der Waals surface area contributed by atoms with Gasteiger partial charge in [-0.3, -0.25) is 15.1 Å². The molecule has 0 aliphatic carbocycles. The van der Waals surface area contributed by atoms with Crippen LogP contribution in [0, 0.1) is 10.1 Å². The van der Waals surface area contributed by atoms with Gasteiger partial charge in [0.2, 0.25) is 5.82 Å². The van der Waals surface area contributed by atoms with Crippen LogP contribution >= 0.6 is 0 Å². The molecule has 0 bridgehead atoms. The second-order valence-electron chi connectivity index (χ2n) is 4.22. The summed E-state index contributed by atoms with van der Waals surface area (Å²) in [4.78, 5) is 22.8. The van der Waals surface area contributed by atoms with Gasteiger partial charge in [0, 0.05) is 18.3 Å². The van der Waals surface area contributed by atoms with Crippen molar-refractivity contribution in [1.29, 1.82) is 0 Å². The van der Waals surface area contributed by atoms with E-state index in [1.165, 1.54) is 25.8 Å². The number of methoxy groups -OCH3 is 1. The van der Waals surface area contributed by atoms with E-state index in [4.69, 9.17) is 4.74 Å². The van der Waals surface area contributed by atoms with E-state index >= 15 is 0 Å². The van der Waals surface area contributed by atoms with Crippen molar-refractivity contribution in [1.82, 2.24) is 15.0 Å². The number of hydrogen-bond acceptors (Lipinski definition) is 7. The number of rotatable bonds is 6. The number of pyridine rings is 1. The highest BCUT2D eigenvalue weighted by Gasteiger charge is 2.24. The fourth-order valence-electron chi connectivity index (χ4n) is 1.80. The average Bonchev–Trinajstić information content (AvgIpc) is 2.52. The van der Waals surface area contributed by atoms with Crippen LogP contribution in [0.25, 0.3) is 11.3 Å². The van der Waals surface area contributed by atoms with Crippen molar-refractivity contribution in [3.8, 4) is 17.0 Å². The molecular weight excluding hydrogens is 274 g/mol. The Labute approximate surface area is 121 Å². The van der Waals surface area contributed by atoms with Crippen molar-refractivity contribution >= 4 is 11.5 Å². The average molecular weight is 289 g/mol. The van der Waals surface area contributed by atoms with Crippen molar-refractivity contribution in [3.63, 3.8) is 0 Å². The van der Waals surface area contributed by atoms with Gasteiger partial charge in [-0.15, -0.1) is 0 Å². The second kappa shape index (κ2) is 6.60. The summed E-state index contributed by atoms with van der Waals surface area (Å²) in [7, 11) is 1.50. The van der Waals surface area contributed by atoms with Gasteiger partial charge in [0.15, 0.2) is 5.69 Å². The predicted molar refractivity (Wildman–Crippen MR) is 77.3 cm³/mol. The fraction of sp³-hybridized carbons (Fsp3) is 0.308. The van der Waals surface area contributed by atoms with Gasteiger partial charge in [0.25, 0.3) is 0 Å². The van der Waals surface area contributed by atoms with Crippen LogP contribution in [0.15, 0.2) is 24.8 Å². The number of ether oxygens (including phenoxy) is 1. The molecule has 0 atom stereocenters. The van der Waals surface area contributed by atoms with Gasteiger partial charge < -0.3 is 10.1 Å². The molecule has 0 aliphatic heterocycles. The third kappa shape index (κ3) is 3.22. The highest BCUT2D eigenvalue weighted by Crippen LogP contribution is 2.33. The van der Waals surface area contributed by atoms with Crippen LogP contribution in [0.1, 0.15) is 13.3 Å². The van der Waals surface area contributed by atoms with Gasteiger partial charge in [-0.1, -0.05) is 6.92 Å². The summed E-state index contributed by atoms with van der Waals surface area (Å²) in [5.74, 6) is 0.707. The Morgan fingerprint density at radius 2 is 2.19 bits per heavy atom. The van der Waals surface area contributed by atoms with Gasteiger partial charge in [0.1, 0.15) is 12.1 Å². The first-order valence-electron chi connectivity index (χ1n) is 6.40. The number of nitrogens with one attached hydrogen (secondary N) is 1. The molecule has 2 rings (SSSR count). The summed E-state index contributed by atoms with van der Waals surface area (Å²) >= 11 is 0. The highest BCUT2D eigenvalue weighted by molar-refractivity contribution is 5.76. The molecular formula is C13H15N5O3. The highest BCUT2D eigenvalue weighted by atomic mass is 16.6. The summed E-state index contributed by atoms with van der Waals surface area (Å²) in [6, 6.07) is 1.64. The molecule has 8 heteroatoms. The SMILES string of the molecule is CCCNc1ncnc(-c2cncc(OC)c2)c1[N+](=O)[O-]. The Bertz CT molecular complexity index is 647. The molecule has 0 aromatic carbocycles. The van der Waals surface area contributed by atoms with Gasteiger partial charge in [0.05, 0.1) is 18.2 Å². The molecule has 0 amide bonds. The molecule has 0 aliphatic rings. The minimum atomic E-state index is -0.493. The molecule has 0 unspecified atom stereocenters. The first-order valence-corrected chi connectivity index (χ1v) is 6.40. The smallest absolute Gasteiger partial charge is 0.337 e. The summed E-state index contributed by atoms with van der Waals surface area (Å²) < 4.78 is 5.08. The largest absolute Gasteiger partial charge is 0.495 e. The molecule has 2 aromatic rings. The van der Waals surface area contributed by atoms with Crippen LogP contribution < -0.4 is 10.1 Å². The molecule has 0 fully saturated rings. The molecule has 2 aromatic heterocycles. The zero-order chi connectivity index (χ0) is 15.2. The van der Waals surface area contributed by atoms with E-state index in [1.54, 1.807) is 6.07 Å². The normalized spacial score (nSPS) is 10.2. The van der Waals surface area contributed by atoms with Gasteiger partial charge >= 0.3 is 5.69 Å². The van der Waals surface area contributed by atoms with Crippen LogP contribution in [0.4, 0.5) is 11.5 Å². The van der Waals surface area contributed by atoms with Gasteiger partial charge in [-0.2, -0.15) is 0 Å². The molecule has 110 valence electrons. The quantitative estimate of drug-likeness (QED) is 0.642. The van der Waals surface area contributed by atoms with Crippen molar-refractivity contribution in [2.45, 2.75) is 13.3 Å². The maximum atomic E-state index is 11.4. The number of nitro groups is 1. The summed E-state index contributed by atoms with van der Waals surface area (Å²) in [5.41, 5.74) is 0.545. The molecule has 0 radical (unpaired) electrons. The van der Waals surface area contributed by atoms with Gasteiger partial charge in [-0.05, 0) is 12.5 Å². The summed E-state index contributed by atoms with van der Waals surface area (Å²) in [5, 5.41) is 14.3. The van der Waals surface area contributed by atoms with Crippen molar-refractivity contribution in [2.75, 3.05) is 19.0 Å². The van der Waals surface area contributed by atoms with E-state index < -0.39 is 4.92 Å². The Balaban J connectivity index is 2.54. The molecule has 0 saturated carbocycles. The standard InChI is InChI=1S/C13H15N5O3/c1-3-4-15-13-12(18(19)20)11(16-8-17-13)9-5-10(21-2)7-14-6-9/h5-8H,3-4H2,1-2H3,(H,15,16,17). The van der Waals surface area contributed by atoms with E-state index in [1.807, 2.05) is 6.92 Å². The van der Waals surface area contributed by atoms with Gasteiger partial charge in [-0.25, -0.2) is 9.97 Å². The zero-order valence-corrected chi connectivity index (χ0v) is 11.7. The molecule has 2 heterocycles. The minimum Gasteiger partial charge on any atom is -0.495 e. The number of nitrogens with zero attached hydrogens (tertiary/aromatic N) is 4. The molecule has 21 heavy (non-hydrogen) atoms. The first-order chi connectivity index (χ1) is 10.2. The lowest BCUT2D eigenvalue weighted by molar-refractivity contribution is -0.383. The Hall–Kier alpha value is -2.77. The van der Waals surface area contributed by atoms with Crippen LogP contribution in [0.2, 0.25) is 0 Å². The predicted octanol–water partition coefficient (Wildman–Crippen LogP) is 2.28. The third-order valence-electron chi connectivity index (χ3n) is 2.77. The van der Waals surface area contributed by atoms with E-state index in [9.17, 15) is 10.1 Å². The van der Waals surface area contributed by atoms with Crippen LogP contribution in [-0.2, 0) is 0 Å². The first kappa shape index (κ1) is 14.6. The Kier molecular flexibility index (Phi) is 4.60. The topological polar surface area (TPSA) is 103 Å².